The molecule has 1 aliphatic rings. The lowest BCUT2D eigenvalue weighted by Crippen LogP contribution is -2.31. The minimum atomic E-state index is -2.86. The molecule has 1 aliphatic carbocycles. The van der Waals surface area contributed by atoms with Gasteiger partial charge in [0.05, 0.1) is 11.0 Å². The van der Waals surface area contributed by atoms with Crippen LogP contribution in [0.2, 0.25) is 0 Å². The van der Waals surface area contributed by atoms with Gasteiger partial charge in [-0.05, 0) is 24.7 Å². The van der Waals surface area contributed by atoms with Gasteiger partial charge in [0.25, 0.3) is 0 Å². The molecule has 0 aromatic rings. The topological polar surface area (TPSA) is 34.1 Å². The first-order chi connectivity index (χ1) is 6.95. The second-order valence-corrected chi connectivity index (χ2v) is 7.96. The van der Waals surface area contributed by atoms with E-state index in [-0.39, 0.29) is 11.2 Å². The molecular weight excluding hydrogens is 276 g/mol. The number of halogens is 1. The molecule has 0 aliphatic heterocycles. The Labute approximate surface area is 102 Å². The third kappa shape index (κ3) is 4.06. The summed E-state index contributed by atoms with van der Waals surface area (Å²) < 4.78 is 24.2. The molecule has 1 rings (SSSR count). The monoisotopic (exact) mass is 296 g/mol. The molecule has 3 atom stereocenters. The molecule has 0 aromatic heterocycles. The molecule has 0 amide bonds. The minimum absolute atomic E-state index is 0.0669. The number of rotatable bonds is 4. The number of sulfone groups is 1. The lowest BCUT2D eigenvalue weighted by Gasteiger charge is -2.27. The van der Waals surface area contributed by atoms with Crippen LogP contribution in [0.25, 0.3) is 0 Å². The predicted molar refractivity (Wildman–Crippen MR) is 68.2 cm³/mol. The van der Waals surface area contributed by atoms with Crippen molar-refractivity contribution in [2.75, 3.05) is 11.1 Å². The van der Waals surface area contributed by atoms with Crippen LogP contribution in [0.3, 0.4) is 0 Å². The van der Waals surface area contributed by atoms with Gasteiger partial charge in [0.1, 0.15) is 0 Å². The largest absolute Gasteiger partial charge is 0.229 e. The molecule has 1 saturated carbocycles. The van der Waals surface area contributed by atoms with E-state index in [1.165, 1.54) is 6.42 Å². The third-order valence-corrected chi connectivity index (χ3v) is 6.76. The SMILES string of the molecule is CC1CCCC(S(=O)(=O)CC(C)CBr)C1. The summed E-state index contributed by atoms with van der Waals surface area (Å²) in [7, 11) is -2.86. The van der Waals surface area contributed by atoms with Crippen LogP contribution in [0.5, 0.6) is 0 Å². The molecule has 15 heavy (non-hydrogen) atoms. The lowest BCUT2D eigenvalue weighted by atomic mass is 9.91. The predicted octanol–water partition coefficient (Wildman–Crippen LogP) is 3.01. The Hall–Kier alpha value is 0.430. The van der Waals surface area contributed by atoms with Crippen molar-refractivity contribution >= 4 is 25.8 Å². The van der Waals surface area contributed by atoms with E-state index in [0.29, 0.717) is 11.7 Å². The first-order valence-electron chi connectivity index (χ1n) is 5.73. The van der Waals surface area contributed by atoms with Crippen LogP contribution in [-0.2, 0) is 9.84 Å². The van der Waals surface area contributed by atoms with E-state index in [0.717, 1.165) is 24.6 Å². The van der Waals surface area contributed by atoms with Gasteiger partial charge in [0, 0.05) is 5.33 Å². The molecule has 0 radical (unpaired) electrons. The van der Waals surface area contributed by atoms with Gasteiger partial charge in [-0.1, -0.05) is 42.6 Å². The maximum absolute atomic E-state index is 12.1. The summed E-state index contributed by atoms with van der Waals surface area (Å²) in [6, 6.07) is 0. The molecule has 4 heteroatoms. The third-order valence-electron chi connectivity index (χ3n) is 3.18. The molecule has 0 saturated heterocycles. The van der Waals surface area contributed by atoms with Crippen LogP contribution in [0.15, 0.2) is 0 Å². The van der Waals surface area contributed by atoms with E-state index in [9.17, 15) is 8.42 Å². The summed E-state index contributed by atoms with van der Waals surface area (Å²) >= 11 is 3.34. The van der Waals surface area contributed by atoms with Crippen molar-refractivity contribution in [2.24, 2.45) is 11.8 Å². The van der Waals surface area contributed by atoms with Crippen molar-refractivity contribution in [1.29, 1.82) is 0 Å². The molecule has 0 spiro atoms. The molecule has 1 fully saturated rings. The van der Waals surface area contributed by atoms with Gasteiger partial charge < -0.3 is 0 Å². The zero-order valence-corrected chi connectivity index (χ0v) is 12.0. The Morgan fingerprint density at radius 2 is 2.07 bits per heavy atom. The lowest BCUT2D eigenvalue weighted by molar-refractivity contribution is 0.381. The van der Waals surface area contributed by atoms with Crippen molar-refractivity contribution in [2.45, 2.75) is 44.8 Å². The zero-order valence-electron chi connectivity index (χ0n) is 9.58. The maximum Gasteiger partial charge on any atom is 0.153 e. The average molecular weight is 297 g/mol. The smallest absolute Gasteiger partial charge is 0.153 e. The Kier molecular flexibility index (Phi) is 5.10. The Morgan fingerprint density at radius 3 is 2.60 bits per heavy atom. The average Bonchev–Trinajstić information content (AvgIpc) is 2.17. The highest BCUT2D eigenvalue weighted by atomic mass is 79.9. The van der Waals surface area contributed by atoms with Gasteiger partial charge in [0.15, 0.2) is 9.84 Å². The van der Waals surface area contributed by atoms with Crippen molar-refractivity contribution in [3.8, 4) is 0 Å². The molecule has 3 unspecified atom stereocenters. The van der Waals surface area contributed by atoms with Crippen LogP contribution in [-0.4, -0.2) is 24.8 Å². The van der Waals surface area contributed by atoms with E-state index in [2.05, 4.69) is 22.9 Å². The highest BCUT2D eigenvalue weighted by Gasteiger charge is 2.30. The summed E-state index contributed by atoms with van der Waals surface area (Å²) in [4.78, 5) is 0. The van der Waals surface area contributed by atoms with Crippen molar-refractivity contribution < 1.29 is 8.42 Å². The van der Waals surface area contributed by atoms with Crippen molar-refractivity contribution in [1.82, 2.24) is 0 Å². The van der Waals surface area contributed by atoms with E-state index >= 15 is 0 Å². The summed E-state index contributed by atoms with van der Waals surface area (Å²) in [5.41, 5.74) is 0. The summed E-state index contributed by atoms with van der Waals surface area (Å²) in [5, 5.41) is 0.705. The number of hydrogen-bond donors (Lipinski definition) is 0. The van der Waals surface area contributed by atoms with Crippen LogP contribution >= 0.6 is 15.9 Å². The van der Waals surface area contributed by atoms with Gasteiger partial charge in [0.2, 0.25) is 0 Å². The first kappa shape index (κ1) is 13.5. The van der Waals surface area contributed by atoms with Crippen molar-refractivity contribution in [3.63, 3.8) is 0 Å². The summed E-state index contributed by atoms with van der Waals surface area (Å²) in [5.74, 6) is 1.15. The van der Waals surface area contributed by atoms with Gasteiger partial charge in [-0.2, -0.15) is 0 Å². The quantitative estimate of drug-likeness (QED) is 0.748. The van der Waals surface area contributed by atoms with Gasteiger partial charge in [-0.25, -0.2) is 8.42 Å². The van der Waals surface area contributed by atoms with Crippen molar-refractivity contribution in [3.05, 3.63) is 0 Å². The second kappa shape index (κ2) is 5.67. The van der Waals surface area contributed by atoms with E-state index in [1.54, 1.807) is 0 Å². The standard InChI is InChI=1S/C11H21BrO2S/c1-9-4-3-5-11(6-9)15(13,14)8-10(2)7-12/h9-11H,3-8H2,1-2H3. The number of hydrogen-bond acceptors (Lipinski definition) is 2. The Balaban J connectivity index is 2.60. The van der Waals surface area contributed by atoms with E-state index < -0.39 is 9.84 Å². The molecular formula is C11H21BrO2S. The zero-order chi connectivity index (χ0) is 11.5. The Morgan fingerprint density at radius 1 is 1.40 bits per heavy atom. The summed E-state index contributed by atoms with van der Waals surface area (Å²) in [6.07, 6.45) is 4.02. The highest BCUT2D eigenvalue weighted by molar-refractivity contribution is 9.09. The molecule has 2 nitrogen and oxygen atoms in total. The Bertz CT molecular complexity index is 287. The maximum atomic E-state index is 12.1. The van der Waals surface area contributed by atoms with Gasteiger partial charge in [-0.15, -0.1) is 0 Å². The molecule has 0 N–H and O–H groups in total. The molecule has 90 valence electrons. The van der Waals surface area contributed by atoms with Gasteiger partial charge >= 0.3 is 0 Å². The summed E-state index contributed by atoms with van der Waals surface area (Å²) in [6.45, 7) is 4.15. The van der Waals surface area contributed by atoms with Crippen LogP contribution in [0.4, 0.5) is 0 Å². The fourth-order valence-corrected chi connectivity index (χ4v) is 5.14. The van der Waals surface area contributed by atoms with Gasteiger partial charge in [-0.3, -0.25) is 0 Å². The molecule has 0 bridgehead atoms. The van der Waals surface area contributed by atoms with E-state index in [1.807, 2.05) is 6.92 Å². The molecule has 0 aromatic carbocycles. The fraction of sp³-hybridized carbons (Fsp3) is 1.00. The first-order valence-corrected chi connectivity index (χ1v) is 8.57. The normalized spacial score (nSPS) is 30.1. The minimum Gasteiger partial charge on any atom is -0.229 e. The fourth-order valence-electron chi connectivity index (χ4n) is 2.28. The highest BCUT2D eigenvalue weighted by Crippen LogP contribution is 2.29. The van der Waals surface area contributed by atoms with Crippen LogP contribution < -0.4 is 0 Å². The van der Waals surface area contributed by atoms with Crippen LogP contribution in [0, 0.1) is 11.8 Å². The second-order valence-electron chi connectivity index (χ2n) is 4.98. The molecule has 0 heterocycles. The van der Waals surface area contributed by atoms with E-state index in [4.69, 9.17) is 0 Å². The number of alkyl halides is 1. The van der Waals surface area contributed by atoms with Crippen LogP contribution in [0.1, 0.15) is 39.5 Å².